The van der Waals surface area contributed by atoms with Gasteiger partial charge in [-0.05, 0) is 50.1 Å². The average molecular weight is 406 g/mol. The molecule has 154 valence electrons. The van der Waals surface area contributed by atoms with Gasteiger partial charge in [-0.15, -0.1) is 0 Å². The third-order valence-electron chi connectivity index (χ3n) is 5.58. The molecule has 1 saturated carbocycles. The summed E-state index contributed by atoms with van der Waals surface area (Å²) in [5, 5.41) is 4.57. The number of aryl methyl sites for hydroxylation is 1. The molecule has 0 atom stereocenters. The lowest BCUT2D eigenvalue weighted by Gasteiger charge is -2.16. The number of nitrogens with two attached hydrogens (primary N) is 1. The minimum Gasteiger partial charge on any atom is -0.493 e. The highest BCUT2D eigenvalue weighted by Crippen LogP contribution is 2.38. The smallest absolute Gasteiger partial charge is 0.163 e. The monoisotopic (exact) mass is 406 g/mol. The fourth-order valence-electron chi connectivity index (χ4n) is 3.61. The first-order valence-electron chi connectivity index (χ1n) is 9.89. The third-order valence-corrected chi connectivity index (χ3v) is 5.58. The highest BCUT2D eigenvalue weighted by atomic mass is 19.1. The van der Waals surface area contributed by atoms with Crippen molar-refractivity contribution in [2.24, 2.45) is 5.73 Å². The zero-order chi connectivity index (χ0) is 20.9. The van der Waals surface area contributed by atoms with Crippen LogP contribution in [0.25, 0.3) is 21.8 Å². The van der Waals surface area contributed by atoms with Gasteiger partial charge >= 0.3 is 0 Å². The number of aromatic nitrogens is 2. The maximum absolute atomic E-state index is 15.0. The summed E-state index contributed by atoms with van der Waals surface area (Å²) < 4.78 is 26.5. The maximum atomic E-state index is 15.0. The Kier molecular flexibility index (Phi) is 4.29. The molecule has 0 amide bonds. The van der Waals surface area contributed by atoms with Gasteiger partial charge in [-0.1, -0.05) is 0 Å². The average Bonchev–Trinajstić information content (AvgIpc) is 3.35. The van der Waals surface area contributed by atoms with Gasteiger partial charge in [-0.2, -0.15) is 0 Å². The predicted octanol–water partition coefficient (Wildman–Crippen LogP) is 4.79. The quantitative estimate of drug-likeness (QED) is 0.429. The molecular weight excluding hydrogens is 383 g/mol. The van der Waals surface area contributed by atoms with Crippen molar-refractivity contribution >= 4 is 33.2 Å². The van der Waals surface area contributed by atoms with Crippen molar-refractivity contribution in [2.75, 3.05) is 19.0 Å². The van der Waals surface area contributed by atoms with E-state index in [1.807, 2.05) is 31.2 Å². The van der Waals surface area contributed by atoms with E-state index in [1.165, 1.54) is 0 Å². The number of nitrogens with one attached hydrogen (secondary N) is 2. The summed E-state index contributed by atoms with van der Waals surface area (Å²) in [6.07, 6.45) is 3.61. The topological polar surface area (TPSA) is 85.2 Å². The number of benzene rings is 2. The number of rotatable bonds is 6. The van der Waals surface area contributed by atoms with Crippen LogP contribution in [0.4, 0.5) is 15.8 Å². The van der Waals surface area contributed by atoms with Crippen molar-refractivity contribution in [3.8, 4) is 11.5 Å². The first-order valence-corrected chi connectivity index (χ1v) is 9.89. The molecule has 4 aromatic rings. The van der Waals surface area contributed by atoms with Crippen LogP contribution in [-0.4, -0.2) is 29.2 Å². The third kappa shape index (κ3) is 3.31. The predicted molar refractivity (Wildman–Crippen MR) is 116 cm³/mol. The molecule has 2 aromatic heterocycles. The lowest BCUT2D eigenvalue weighted by atomic mass is 10.1. The summed E-state index contributed by atoms with van der Waals surface area (Å²) in [6, 6.07) is 10.9. The molecular formula is C23H23FN4O2. The number of nitrogens with zero attached hydrogens (tertiary/aromatic N) is 1. The molecule has 5 rings (SSSR count). The minimum atomic E-state index is -0.300. The number of anilines is 2. The summed E-state index contributed by atoms with van der Waals surface area (Å²) >= 11 is 0. The van der Waals surface area contributed by atoms with Crippen molar-refractivity contribution in [2.45, 2.75) is 25.3 Å². The number of halogens is 1. The molecule has 2 heterocycles. The molecule has 0 saturated heterocycles. The second kappa shape index (κ2) is 6.88. The number of fused-ring (bicyclic) bond motifs is 2. The first kappa shape index (κ1) is 18.7. The van der Waals surface area contributed by atoms with Crippen molar-refractivity contribution in [1.82, 2.24) is 9.97 Å². The number of ether oxygens (including phenoxy) is 2. The molecule has 0 unspecified atom stereocenters. The standard InChI is InChI=1S/C23H23FN4O2/c1-13-9-15-16(27-13)3-4-18(22(15)24)28-17-5-8-26-19-11-21(20(29-2)10-14(17)19)30-12-23(25)6-7-23/h3-5,8-11,27H,6-7,12,25H2,1-2H3,(H,26,28). The second-order valence-electron chi connectivity index (χ2n) is 8.00. The fraction of sp³-hybridized carbons (Fsp3) is 0.261. The number of hydrogen-bond donors (Lipinski definition) is 3. The van der Waals surface area contributed by atoms with Crippen molar-refractivity contribution in [3.63, 3.8) is 0 Å². The Morgan fingerprint density at radius 2 is 1.97 bits per heavy atom. The van der Waals surface area contributed by atoms with Gasteiger partial charge in [0.05, 0.1) is 23.9 Å². The summed E-state index contributed by atoms with van der Waals surface area (Å²) in [4.78, 5) is 7.60. The van der Waals surface area contributed by atoms with E-state index in [1.54, 1.807) is 25.4 Å². The normalized spacial score (nSPS) is 14.8. The van der Waals surface area contributed by atoms with E-state index in [0.29, 0.717) is 29.2 Å². The number of aromatic amines is 1. The second-order valence-corrected chi connectivity index (χ2v) is 8.00. The lowest BCUT2D eigenvalue weighted by Crippen LogP contribution is -2.29. The number of methoxy groups -OCH3 is 1. The molecule has 2 aromatic carbocycles. The highest BCUT2D eigenvalue weighted by molar-refractivity contribution is 5.96. The Morgan fingerprint density at radius 3 is 2.73 bits per heavy atom. The Bertz CT molecular complexity index is 1260. The van der Waals surface area contributed by atoms with E-state index in [-0.39, 0.29) is 11.4 Å². The van der Waals surface area contributed by atoms with Crippen molar-refractivity contribution in [3.05, 3.63) is 54.1 Å². The fourth-order valence-corrected chi connectivity index (χ4v) is 3.61. The van der Waals surface area contributed by atoms with Gasteiger partial charge < -0.3 is 25.5 Å². The van der Waals surface area contributed by atoms with Crippen LogP contribution < -0.4 is 20.5 Å². The summed E-state index contributed by atoms with van der Waals surface area (Å²) in [5.74, 6) is 0.883. The van der Waals surface area contributed by atoms with Crippen LogP contribution >= 0.6 is 0 Å². The van der Waals surface area contributed by atoms with E-state index in [0.717, 1.165) is 40.6 Å². The van der Waals surface area contributed by atoms with Crippen LogP contribution in [0.1, 0.15) is 18.5 Å². The zero-order valence-electron chi connectivity index (χ0n) is 16.9. The maximum Gasteiger partial charge on any atom is 0.163 e. The summed E-state index contributed by atoms with van der Waals surface area (Å²) in [7, 11) is 1.59. The number of pyridine rings is 1. The summed E-state index contributed by atoms with van der Waals surface area (Å²) in [5.41, 5.74) is 9.43. The Labute approximate surface area is 173 Å². The molecule has 0 spiro atoms. The molecule has 1 aliphatic carbocycles. The molecule has 7 heteroatoms. The van der Waals surface area contributed by atoms with Gasteiger partial charge in [0.15, 0.2) is 17.3 Å². The van der Waals surface area contributed by atoms with Gasteiger partial charge in [0.2, 0.25) is 0 Å². The zero-order valence-corrected chi connectivity index (χ0v) is 16.9. The molecule has 0 aliphatic heterocycles. The van der Waals surface area contributed by atoms with Crippen LogP contribution in [0.5, 0.6) is 11.5 Å². The Balaban J connectivity index is 1.52. The van der Waals surface area contributed by atoms with Crippen LogP contribution in [0, 0.1) is 12.7 Å². The molecule has 0 radical (unpaired) electrons. The Morgan fingerprint density at radius 1 is 1.13 bits per heavy atom. The van der Waals surface area contributed by atoms with Crippen molar-refractivity contribution < 1.29 is 13.9 Å². The molecule has 30 heavy (non-hydrogen) atoms. The molecule has 0 bridgehead atoms. The minimum absolute atomic E-state index is 0.233. The highest BCUT2D eigenvalue weighted by Gasteiger charge is 2.39. The van der Waals surface area contributed by atoms with Crippen molar-refractivity contribution in [1.29, 1.82) is 0 Å². The van der Waals surface area contributed by atoms with Crippen LogP contribution in [-0.2, 0) is 0 Å². The van der Waals surface area contributed by atoms with Gasteiger partial charge in [0, 0.05) is 39.9 Å². The van der Waals surface area contributed by atoms with E-state index < -0.39 is 0 Å². The molecule has 6 nitrogen and oxygen atoms in total. The van der Waals surface area contributed by atoms with E-state index >= 15 is 4.39 Å². The lowest BCUT2D eigenvalue weighted by molar-refractivity contribution is 0.264. The van der Waals surface area contributed by atoms with Gasteiger partial charge in [0.25, 0.3) is 0 Å². The molecule has 1 aliphatic rings. The van der Waals surface area contributed by atoms with Crippen LogP contribution in [0.2, 0.25) is 0 Å². The van der Waals surface area contributed by atoms with Gasteiger partial charge in [-0.25, -0.2) is 4.39 Å². The number of H-pyrrole nitrogens is 1. The van der Waals surface area contributed by atoms with E-state index in [9.17, 15) is 0 Å². The molecule has 1 fully saturated rings. The largest absolute Gasteiger partial charge is 0.493 e. The Hall–Kier alpha value is -3.32. The van der Waals surface area contributed by atoms with Crippen LogP contribution in [0.15, 0.2) is 42.6 Å². The van der Waals surface area contributed by atoms with Gasteiger partial charge in [-0.3, -0.25) is 4.98 Å². The number of hydrogen-bond acceptors (Lipinski definition) is 5. The van der Waals surface area contributed by atoms with Gasteiger partial charge in [0.1, 0.15) is 6.61 Å². The SMILES string of the molecule is COc1cc2c(Nc3ccc4[nH]c(C)cc4c3F)ccnc2cc1OCC1(N)CC1. The summed E-state index contributed by atoms with van der Waals surface area (Å²) in [6.45, 7) is 2.35. The van der Waals surface area contributed by atoms with E-state index in [2.05, 4.69) is 15.3 Å². The molecule has 4 N–H and O–H groups in total. The first-order chi connectivity index (χ1) is 14.5. The van der Waals surface area contributed by atoms with E-state index in [4.69, 9.17) is 15.2 Å². The van der Waals surface area contributed by atoms with Crippen LogP contribution in [0.3, 0.4) is 0 Å².